The second-order valence-corrected chi connectivity index (χ2v) is 15.9. The summed E-state index contributed by atoms with van der Waals surface area (Å²) in [7, 11) is 0.800. The van der Waals surface area contributed by atoms with E-state index in [0.717, 1.165) is 0 Å². The summed E-state index contributed by atoms with van der Waals surface area (Å²) in [5.74, 6) is 0.104. The van der Waals surface area contributed by atoms with E-state index in [-0.39, 0.29) is 38.9 Å². The first-order valence-corrected chi connectivity index (χ1v) is 15.2. The number of ketones is 2. The SMILES string of the molecule is COc1cccc2c1C(=O)c1ccc([C@H]3C[C@@H](O[Si](C)(C)C(C)(C)C)[C@H](O)[C@@H](C)O3)c(OC)c1C2=O. The van der Waals surface area contributed by atoms with Crippen molar-refractivity contribution in [2.75, 3.05) is 14.2 Å². The van der Waals surface area contributed by atoms with Crippen molar-refractivity contribution in [3.05, 3.63) is 58.1 Å². The lowest BCUT2D eigenvalue weighted by Crippen LogP contribution is -2.52. The molecule has 0 amide bonds. The topological polar surface area (TPSA) is 91.3 Å². The maximum absolute atomic E-state index is 13.6. The maximum Gasteiger partial charge on any atom is 0.198 e. The van der Waals surface area contributed by atoms with Crippen LogP contribution in [0.2, 0.25) is 18.1 Å². The van der Waals surface area contributed by atoms with E-state index >= 15 is 0 Å². The van der Waals surface area contributed by atoms with Gasteiger partial charge in [0.2, 0.25) is 0 Å². The Bertz CT molecular complexity index is 1200. The predicted octanol–water partition coefficient (Wildman–Crippen LogP) is 5.08. The van der Waals surface area contributed by atoms with Gasteiger partial charge in [0.25, 0.3) is 0 Å². The highest BCUT2D eigenvalue weighted by Gasteiger charge is 2.45. The molecule has 0 radical (unpaired) electrons. The zero-order valence-corrected chi connectivity index (χ0v) is 23.3. The van der Waals surface area contributed by atoms with Crippen LogP contribution in [0.25, 0.3) is 0 Å². The summed E-state index contributed by atoms with van der Waals surface area (Å²) in [4.78, 5) is 27.0. The van der Waals surface area contributed by atoms with Gasteiger partial charge in [-0.05, 0) is 37.2 Å². The Balaban J connectivity index is 1.76. The number of benzene rings is 2. The molecule has 1 heterocycles. The van der Waals surface area contributed by atoms with Crippen molar-refractivity contribution in [3.63, 3.8) is 0 Å². The second-order valence-electron chi connectivity index (χ2n) is 11.1. The molecule has 0 unspecified atom stereocenters. The van der Waals surface area contributed by atoms with E-state index < -0.39 is 32.7 Å². The van der Waals surface area contributed by atoms with Gasteiger partial charge >= 0.3 is 0 Å². The summed E-state index contributed by atoms with van der Waals surface area (Å²) in [5, 5.41) is 10.9. The molecule has 1 saturated heterocycles. The number of ether oxygens (including phenoxy) is 3. The van der Waals surface area contributed by atoms with Gasteiger partial charge in [-0.1, -0.05) is 39.0 Å². The summed E-state index contributed by atoms with van der Waals surface area (Å²) in [6.07, 6.45) is -1.77. The van der Waals surface area contributed by atoms with Gasteiger partial charge in [-0.15, -0.1) is 0 Å². The zero-order valence-electron chi connectivity index (χ0n) is 22.3. The third-order valence-corrected chi connectivity index (χ3v) is 12.4. The Labute approximate surface area is 213 Å². The molecule has 1 aliphatic carbocycles. The van der Waals surface area contributed by atoms with Crippen LogP contribution in [0.15, 0.2) is 30.3 Å². The average Bonchev–Trinajstić information content (AvgIpc) is 2.82. The molecule has 2 aromatic carbocycles. The molecule has 1 fully saturated rings. The van der Waals surface area contributed by atoms with Crippen LogP contribution in [0, 0.1) is 0 Å². The molecule has 4 rings (SSSR count). The Morgan fingerprint density at radius 2 is 1.61 bits per heavy atom. The average molecular weight is 513 g/mol. The van der Waals surface area contributed by atoms with Gasteiger partial charge in [0.1, 0.15) is 17.6 Å². The molecule has 194 valence electrons. The largest absolute Gasteiger partial charge is 0.496 e. The fourth-order valence-electron chi connectivity index (χ4n) is 4.80. The van der Waals surface area contributed by atoms with Gasteiger partial charge in [0.15, 0.2) is 19.9 Å². The van der Waals surface area contributed by atoms with E-state index in [1.54, 1.807) is 30.3 Å². The van der Waals surface area contributed by atoms with Crippen LogP contribution >= 0.6 is 0 Å². The van der Waals surface area contributed by atoms with Crippen LogP contribution < -0.4 is 9.47 Å². The maximum atomic E-state index is 13.6. The lowest BCUT2D eigenvalue weighted by atomic mass is 9.81. The number of methoxy groups -OCH3 is 2. The third-order valence-electron chi connectivity index (χ3n) is 7.87. The number of carbonyl (C=O) groups is 2. The summed E-state index contributed by atoms with van der Waals surface area (Å²) < 4.78 is 23.9. The zero-order chi connectivity index (χ0) is 26.6. The fraction of sp³-hybridized carbons (Fsp3) is 0.500. The number of hydrogen-bond donors (Lipinski definition) is 1. The molecule has 0 bridgehead atoms. The number of aliphatic hydroxyl groups excluding tert-OH is 1. The van der Waals surface area contributed by atoms with Crippen molar-refractivity contribution < 1.29 is 33.3 Å². The first-order valence-electron chi connectivity index (χ1n) is 12.3. The van der Waals surface area contributed by atoms with Crippen LogP contribution in [-0.4, -0.2) is 57.5 Å². The van der Waals surface area contributed by atoms with Crippen LogP contribution in [0.4, 0.5) is 0 Å². The lowest BCUT2D eigenvalue weighted by molar-refractivity contribution is -0.159. The van der Waals surface area contributed by atoms with Gasteiger partial charge in [0, 0.05) is 23.1 Å². The van der Waals surface area contributed by atoms with E-state index in [0.29, 0.717) is 23.5 Å². The standard InChI is InChI=1S/C28H36O7Si/c1-15-24(29)21(35-36(7,8)28(2,3)4)14-20(34-15)16-12-13-18-23(27(16)33-6)26(31)17-10-9-11-19(32-5)22(17)25(18)30/h9-13,15,20-21,24,29H,14H2,1-8H3/t15-,20-,21-,24-/m1/s1. The summed E-state index contributed by atoms with van der Waals surface area (Å²) >= 11 is 0. The van der Waals surface area contributed by atoms with Crippen molar-refractivity contribution in [1.29, 1.82) is 0 Å². The van der Waals surface area contributed by atoms with Crippen molar-refractivity contribution in [2.45, 2.75) is 76.7 Å². The first kappa shape index (κ1) is 26.5. The number of rotatable bonds is 5. The Hall–Kier alpha value is -2.52. The molecular weight excluding hydrogens is 476 g/mol. The van der Waals surface area contributed by atoms with Crippen molar-refractivity contribution >= 4 is 19.9 Å². The van der Waals surface area contributed by atoms with Crippen LogP contribution in [0.3, 0.4) is 0 Å². The Morgan fingerprint density at radius 3 is 2.22 bits per heavy atom. The molecule has 0 spiro atoms. The molecule has 2 aliphatic rings. The predicted molar refractivity (Wildman–Crippen MR) is 139 cm³/mol. The highest BCUT2D eigenvalue weighted by Crippen LogP contribution is 2.45. The summed E-state index contributed by atoms with van der Waals surface area (Å²) in [6.45, 7) is 12.6. The van der Waals surface area contributed by atoms with E-state index in [9.17, 15) is 14.7 Å². The molecule has 8 heteroatoms. The minimum absolute atomic E-state index is 0.0193. The molecule has 4 atom stereocenters. The highest BCUT2D eigenvalue weighted by atomic mass is 28.4. The molecule has 36 heavy (non-hydrogen) atoms. The quantitative estimate of drug-likeness (QED) is 0.477. The lowest BCUT2D eigenvalue weighted by Gasteiger charge is -2.45. The third kappa shape index (κ3) is 4.30. The molecule has 7 nitrogen and oxygen atoms in total. The van der Waals surface area contributed by atoms with Crippen LogP contribution in [-0.2, 0) is 9.16 Å². The molecule has 2 aromatic rings. The van der Waals surface area contributed by atoms with Crippen molar-refractivity contribution in [2.24, 2.45) is 0 Å². The Kier molecular flexibility index (Phi) is 6.94. The van der Waals surface area contributed by atoms with E-state index in [1.807, 2.05) is 6.92 Å². The van der Waals surface area contributed by atoms with E-state index in [2.05, 4.69) is 33.9 Å². The van der Waals surface area contributed by atoms with Gasteiger partial charge < -0.3 is 23.7 Å². The Morgan fingerprint density at radius 1 is 0.972 bits per heavy atom. The normalized spacial score (nSPS) is 24.2. The van der Waals surface area contributed by atoms with E-state index in [4.69, 9.17) is 18.6 Å². The van der Waals surface area contributed by atoms with Gasteiger partial charge in [-0.25, -0.2) is 0 Å². The van der Waals surface area contributed by atoms with Gasteiger partial charge in [-0.2, -0.15) is 0 Å². The van der Waals surface area contributed by atoms with E-state index in [1.165, 1.54) is 14.2 Å². The summed E-state index contributed by atoms with van der Waals surface area (Å²) in [5.41, 5.74) is 1.71. The van der Waals surface area contributed by atoms with Crippen LogP contribution in [0.1, 0.15) is 77.6 Å². The fourth-order valence-corrected chi connectivity index (χ4v) is 6.15. The first-order chi connectivity index (χ1) is 16.8. The molecule has 1 aliphatic heterocycles. The molecule has 0 aromatic heterocycles. The van der Waals surface area contributed by atoms with Crippen LogP contribution in [0.5, 0.6) is 11.5 Å². The minimum Gasteiger partial charge on any atom is -0.496 e. The number of fused-ring (bicyclic) bond motifs is 2. The summed E-state index contributed by atoms with van der Waals surface area (Å²) in [6, 6.07) is 8.44. The van der Waals surface area contributed by atoms with Crippen molar-refractivity contribution in [1.82, 2.24) is 0 Å². The number of aliphatic hydroxyl groups is 1. The van der Waals surface area contributed by atoms with Crippen molar-refractivity contribution in [3.8, 4) is 11.5 Å². The minimum atomic E-state index is -2.17. The molecule has 0 saturated carbocycles. The monoisotopic (exact) mass is 512 g/mol. The number of hydrogen-bond acceptors (Lipinski definition) is 7. The number of carbonyl (C=O) groups excluding carboxylic acids is 2. The molecule has 1 N–H and O–H groups in total. The van der Waals surface area contributed by atoms with Gasteiger partial charge in [0.05, 0.1) is 43.7 Å². The second kappa shape index (κ2) is 9.41. The molecular formula is C28H36O7Si. The highest BCUT2D eigenvalue weighted by molar-refractivity contribution is 6.74. The smallest absolute Gasteiger partial charge is 0.198 e. The van der Waals surface area contributed by atoms with Gasteiger partial charge in [-0.3, -0.25) is 9.59 Å².